The molecule has 0 aliphatic rings. The highest BCUT2D eigenvalue weighted by atomic mass is 127. The number of nitro groups is 1. The molecule has 0 atom stereocenters. The molecular formula is C13H10BrIN2O4. The number of nitrogens with zero attached hydrogens (tertiary/aromatic N) is 2. The second kappa shape index (κ2) is 8.09. The predicted molar refractivity (Wildman–Crippen MR) is 88.4 cm³/mol. The fourth-order valence-electron chi connectivity index (χ4n) is 1.53. The lowest BCUT2D eigenvalue weighted by molar-refractivity contribution is -0.385. The summed E-state index contributed by atoms with van der Waals surface area (Å²) >= 11 is 5.13. The van der Waals surface area contributed by atoms with Crippen LogP contribution in [0.5, 0.6) is 0 Å². The van der Waals surface area contributed by atoms with Gasteiger partial charge in [-0.25, -0.2) is 4.79 Å². The monoisotopic (exact) mass is 464 g/mol. The van der Waals surface area contributed by atoms with Crippen molar-refractivity contribution in [2.75, 3.05) is 6.61 Å². The number of halogens is 2. The molecule has 0 N–H and O–H groups in total. The van der Waals surface area contributed by atoms with Crippen molar-refractivity contribution >= 4 is 56.3 Å². The number of carbonyl (C=O) groups excluding carboxylic acids is 1. The third-order valence-electron chi connectivity index (χ3n) is 2.39. The van der Waals surface area contributed by atoms with Gasteiger partial charge in [0.15, 0.2) is 0 Å². The topological polar surface area (TPSA) is 93.2 Å². The Bertz CT molecular complexity index is 652. The van der Waals surface area contributed by atoms with E-state index in [0.717, 1.165) is 0 Å². The number of nitriles is 1. The van der Waals surface area contributed by atoms with Gasteiger partial charge in [0.25, 0.3) is 5.69 Å². The Kier molecular flexibility index (Phi) is 6.77. The molecule has 0 unspecified atom stereocenters. The van der Waals surface area contributed by atoms with Crippen molar-refractivity contribution in [1.29, 1.82) is 5.26 Å². The van der Waals surface area contributed by atoms with E-state index in [2.05, 4.69) is 15.9 Å². The molecule has 6 nitrogen and oxygen atoms in total. The minimum Gasteiger partial charge on any atom is -0.463 e. The smallest absolute Gasteiger partial charge is 0.335 e. The maximum absolute atomic E-state index is 11.8. The fraction of sp³-hybridized carbons (Fsp3) is 0.231. The van der Waals surface area contributed by atoms with Crippen LogP contribution in [0.2, 0.25) is 0 Å². The number of carbonyl (C=O) groups is 1. The quantitative estimate of drug-likeness (QED) is 0.217. The molecule has 0 bridgehead atoms. The highest BCUT2D eigenvalue weighted by molar-refractivity contribution is 14.1. The molecule has 0 fully saturated rings. The van der Waals surface area contributed by atoms with Gasteiger partial charge in [0.05, 0.1) is 35.2 Å². The molecule has 21 heavy (non-hydrogen) atoms. The average Bonchev–Trinajstić information content (AvgIpc) is 2.40. The standard InChI is InChI=1S/C13H10BrIN2O4/c1-2-21-13(18)8(3-4-16)5-10-11(15)6-9(14)7-12(10)17(19)20/h5-7H,2-3H2,1H3/b8-5+. The van der Waals surface area contributed by atoms with Crippen molar-refractivity contribution in [2.24, 2.45) is 0 Å². The Morgan fingerprint density at radius 1 is 1.62 bits per heavy atom. The summed E-state index contributed by atoms with van der Waals surface area (Å²) in [5, 5.41) is 19.9. The van der Waals surface area contributed by atoms with E-state index in [1.54, 1.807) is 13.0 Å². The van der Waals surface area contributed by atoms with Crippen LogP contribution in [0.1, 0.15) is 18.9 Å². The lowest BCUT2D eigenvalue weighted by Gasteiger charge is -2.06. The van der Waals surface area contributed by atoms with E-state index in [1.807, 2.05) is 28.7 Å². The molecular weight excluding hydrogens is 455 g/mol. The zero-order valence-electron chi connectivity index (χ0n) is 10.9. The first-order valence-electron chi connectivity index (χ1n) is 5.78. The first-order valence-corrected chi connectivity index (χ1v) is 7.66. The molecule has 1 rings (SSSR count). The van der Waals surface area contributed by atoms with Gasteiger partial charge >= 0.3 is 5.97 Å². The van der Waals surface area contributed by atoms with Crippen molar-refractivity contribution in [1.82, 2.24) is 0 Å². The first kappa shape index (κ1) is 17.6. The predicted octanol–water partition coefficient (Wildman–Crippen LogP) is 3.82. The summed E-state index contributed by atoms with van der Waals surface area (Å²) in [6.07, 6.45) is 1.16. The van der Waals surface area contributed by atoms with Crippen LogP contribution < -0.4 is 0 Å². The van der Waals surface area contributed by atoms with Crippen molar-refractivity contribution in [3.8, 4) is 6.07 Å². The molecule has 0 aromatic heterocycles. The van der Waals surface area contributed by atoms with Crippen LogP contribution in [0, 0.1) is 25.0 Å². The summed E-state index contributed by atoms with van der Waals surface area (Å²) in [4.78, 5) is 22.4. The molecule has 0 amide bonds. The average molecular weight is 465 g/mol. The minimum atomic E-state index is -0.646. The number of hydrogen-bond donors (Lipinski definition) is 0. The zero-order valence-corrected chi connectivity index (χ0v) is 14.7. The van der Waals surface area contributed by atoms with E-state index < -0.39 is 10.9 Å². The van der Waals surface area contributed by atoms with Gasteiger partial charge in [-0.05, 0) is 41.7 Å². The number of benzene rings is 1. The summed E-state index contributed by atoms with van der Waals surface area (Å²) in [7, 11) is 0. The maximum atomic E-state index is 11.8. The largest absolute Gasteiger partial charge is 0.463 e. The van der Waals surface area contributed by atoms with Gasteiger partial charge < -0.3 is 4.74 Å². The van der Waals surface area contributed by atoms with Crippen LogP contribution in [-0.4, -0.2) is 17.5 Å². The van der Waals surface area contributed by atoms with E-state index in [1.165, 1.54) is 12.1 Å². The van der Waals surface area contributed by atoms with Crippen molar-refractivity contribution in [3.05, 3.63) is 41.4 Å². The number of ether oxygens (including phenoxy) is 1. The van der Waals surface area contributed by atoms with Gasteiger partial charge in [-0.1, -0.05) is 15.9 Å². The van der Waals surface area contributed by atoms with Crippen LogP contribution in [0.15, 0.2) is 22.2 Å². The Balaban J connectivity index is 3.43. The highest BCUT2D eigenvalue weighted by Gasteiger charge is 2.19. The molecule has 1 aromatic rings. The summed E-state index contributed by atoms with van der Waals surface area (Å²) in [6, 6.07) is 4.90. The lowest BCUT2D eigenvalue weighted by atomic mass is 10.1. The van der Waals surface area contributed by atoms with E-state index in [9.17, 15) is 14.9 Å². The molecule has 0 heterocycles. The van der Waals surface area contributed by atoms with Crippen molar-refractivity contribution in [2.45, 2.75) is 13.3 Å². The van der Waals surface area contributed by atoms with E-state index in [0.29, 0.717) is 8.04 Å². The summed E-state index contributed by atoms with van der Waals surface area (Å²) in [5.74, 6) is -0.646. The molecule has 0 radical (unpaired) electrons. The van der Waals surface area contributed by atoms with Gasteiger partial charge in [-0.15, -0.1) is 0 Å². The molecule has 8 heteroatoms. The van der Waals surface area contributed by atoms with Crippen LogP contribution in [0.4, 0.5) is 5.69 Å². The number of hydrogen-bond acceptors (Lipinski definition) is 5. The number of esters is 1. The van der Waals surface area contributed by atoms with Crippen molar-refractivity contribution < 1.29 is 14.5 Å². The lowest BCUT2D eigenvalue weighted by Crippen LogP contribution is -2.08. The second-order valence-corrected chi connectivity index (χ2v) is 5.88. The van der Waals surface area contributed by atoms with Gasteiger partial charge in [0.2, 0.25) is 0 Å². The Labute approximate surface area is 143 Å². The Morgan fingerprint density at radius 3 is 2.81 bits per heavy atom. The van der Waals surface area contributed by atoms with Gasteiger partial charge in [-0.3, -0.25) is 10.1 Å². The Morgan fingerprint density at radius 2 is 2.29 bits per heavy atom. The van der Waals surface area contributed by atoms with Crippen LogP contribution in [0.3, 0.4) is 0 Å². The summed E-state index contributed by atoms with van der Waals surface area (Å²) < 4.78 is 6.01. The maximum Gasteiger partial charge on any atom is 0.335 e. The number of nitro benzene ring substituents is 1. The number of rotatable bonds is 5. The molecule has 1 aromatic carbocycles. The third-order valence-corrected chi connectivity index (χ3v) is 3.75. The molecule has 0 aliphatic carbocycles. The molecule has 110 valence electrons. The van der Waals surface area contributed by atoms with Crippen LogP contribution >= 0.6 is 38.5 Å². The van der Waals surface area contributed by atoms with E-state index in [4.69, 9.17) is 10.00 Å². The minimum absolute atomic E-state index is 0.0858. The third kappa shape index (κ3) is 4.78. The molecule has 0 saturated heterocycles. The first-order chi connectivity index (χ1) is 9.90. The molecule has 0 spiro atoms. The van der Waals surface area contributed by atoms with Gasteiger partial charge in [0, 0.05) is 14.1 Å². The summed E-state index contributed by atoms with van der Waals surface area (Å²) in [6.45, 7) is 1.81. The normalized spacial score (nSPS) is 10.9. The highest BCUT2D eigenvalue weighted by Crippen LogP contribution is 2.31. The van der Waals surface area contributed by atoms with Gasteiger partial charge in [-0.2, -0.15) is 5.26 Å². The van der Waals surface area contributed by atoms with Crippen LogP contribution in [0.25, 0.3) is 6.08 Å². The van der Waals surface area contributed by atoms with E-state index in [-0.39, 0.29) is 29.9 Å². The fourth-order valence-corrected chi connectivity index (χ4v) is 3.17. The second-order valence-electron chi connectivity index (χ2n) is 3.80. The zero-order chi connectivity index (χ0) is 16.0. The molecule has 0 aliphatic heterocycles. The Hall–Kier alpha value is -1.47. The molecule has 0 saturated carbocycles. The van der Waals surface area contributed by atoms with E-state index >= 15 is 0 Å². The van der Waals surface area contributed by atoms with Crippen molar-refractivity contribution in [3.63, 3.8) is 0 Å². The SMILES string of the molecule is CCOC(=O)/C(=C/c1c(I)cc(Br)cc1[N+](=O)[O-])CC#N. The van der Waals surface area contributed by atoms with Crippen LogP contribution in [-0.2, 0) is 9.53 Å². The van der Waals surface area contributed by atoms with Gasteiger partial charge in [0.1, 0.15) is 0 Å². The summed E-state index contributed by atoms with van der Waals surface area (Å²) in [5.41, 5.74) is 0.221.